The van der Waals surface area contributed by atoms with E-state index in [4.69, 9.17) is 4.74 Å². The zero-order chi connectivity index (χ0) is 15.0. The Hall–Kier alpha value is -0.940. The smallest absolute Gasteiger partial charge is 0.309 e. The minimum absolute atomic E-state index is 0.0872. The van der Waals surface area contributed by atoms with Crippen LogP contribution in [0.5, 0.6) is 0 Å². The van der Waals surface area contributed by atoms with Gasteiger partial charge in [0.25, 0.3) is 0 Å². The third kappa shape index (κ3) is 2.74. The highest BCUT2D eigenvalue weighted by molar-refractivity contribution is 7.09. The number of aliphatic hydroxyl groups is 1. The first-order valence-corrected chi connectivity index (χ1v) is 7.87. The second kappa shape index (κ2) is 5.45. The third-order valence-corrected chi connectivity index (χ3v) is 5.67. The van der Waals surface area contributed by atoms with Gasteiger partial charge >= 0.3 is 5.97 Å². The Balaban J connectivity index is 2.17. The van der Waals surface area contributed by atoms with Gasteiger partial charge in [-0.1, -0.05) is 13.8 Å². The number of hydrogen-bond donors (Lipinski definition) is 1. The van der Waals surface area contributed by atoms with Crippen molar-refractivity contribution in [2.75, 3.05) is 7.11 Å². The molecule has 0 aromatic carbocycles. The number of aromatic nitrogens is 1. The molecule has 0 aliphatic heterocycles. The first-order chi connectivity index (χ1) is 9.29. The number of methoxy groups -OCH3 is 1. The maximum Gasteiger partial charge on any atom is 0.309 e. The predicted octanol–water partition coefficient (Wildman–Crippen LogP) is 2.97. The van der Waals surface area contributed by atoms with Gasteiger partial charge < -0.3 is 9.84 Å². The molecule has 0 bridgehead atoms. The van der Waals surface area contributed by atoms with Gasteiger partial charge in [-0.2, -0.15) is 0 Å². The molecular formula is C15H23NO3S. The first kappa shape index (κ1) is 15.4. The van der Waals surface area contributed by atoms with E-state index in [1.54, 1.807) is 6.20 Å². The fraction of sp³-hybridized carbons (Fsp3) is 0.733. The molecule has 0 saturated heterocycles. The molecule has 5 heteroatoms. The minimum Gasteiger partial charge on any atom is -0.469 e. The van der Waals surface area contributed by atoms with E-state index < -0.39 is 5.60 Å². The average molecular weight is 297 g/mol. The molecule has 0 radical (unpaired) electrons. The lowest BCUT2D eigenvalue weighted by Crippen LogP contribution is -2.44. The van der Waals surface area contributed by atoms with Crippen LogP contribution in [0.2, 0.25) is 0 Å². The van der Waals surface area contributed by atoms with E-state index in [-0.39, 0.29) is 23.2 Å². The van der Waals surface area contributed by atoms with Crippen molar-refractivity contribution in [2.24, 2.45) is 17.3 Å². The number of nitrogens with zero attached hydrogens (tertiary/aromatic N) is 1. The summed E-state index contributed by atoms with van der Waals surface area (Å²) < 4.78 is 4.91. The van der Waals surface area contributed by atoms with Crippen molar-refractivity contribution in [1.82, 2.24) is 4.98 Å². The number of thiazole rings is 1. The topological polar surface area (TPSA) is 59.4 Å². The van der Waals surface area contributed by atoms with E-state index in [9.17, 15) is 9.90 Å². The average Bonchev–Trinajstić information content (AvgIpc) is 2.91. The van der Waals surface area contributed by atoms with Gasteiger partial charge in [-0.05, 0) is 37.5 Å². The van der Waals surface area contributed by atoms with Crippen LogP contribution in [0.4, 0.5) is 0 Å². The lowest BCUT2D eigenvalue weighted by Gasteiger charge is -2.45. The number of carbonyl (C=O) groups excluding carboxylic acids is 1. The largest absolute Gasteiger partial charge is 0.469 e. The molecule has 1 aromatic heterocycles. The molecule has 1 fully saturated rings. The maximum absolute atomic E-state index is 11.9. The van der Waals surface area contributed by atoms with E-state index in [0.29, 0.717) is 0 Å². The SMILES string of the molecule is COC(=O)[C@H]1CC[C@@H]([C@@](C)(O)c2nccs2)CC1(C)C. The number of esters is 1. The zero-order valence-corrected chi connectivity index (χ0v) is 13.4. The summed E-state index contributed by atoms with van der Waals surface area (Å²) in [5.41, 5.74) is -1.09. The van der Waals surface area contributed by atoms with Gasteiger partial charge in [0.05, 0.1) is 13.0 Å². The third-order valence-electron chi connectivity index (χ3n) is 4.67. The zero-order valence-electron chi connectivity index (χ0n) is 12.5. The van der Waals surface area contributed by atoms with Gasteiger partial charge in [0.1, 0.15) is 10.6 Å². The van der Waals surface area contributed by atoms with Gasteiger partial charge in [-0.25, -0.2) is 4.98 Å². The first-order valence-electron chi connectivity index (χ1n) is 6.99. The Kier molecular flexibility index (Phi) is 4.21. The fourth-order valence-corrected chi connectivity index (χ4v) is 4.12. The summed E-state index contributed by atoms with van der Waals surface area (Å²) in [6.07, 6.45) is 4.08. The summed E-state index contributed by atoms with van der Waals surface area (Å²) in [7, 11) is 1.44. The fourth-order valence-electron chi connectivity index (χ4n) is 3.34. The highest BCUT2D eigenvalue weighted by Crippen LogP contribution is 2.49. The van der Waals surface area contributed by atoms with E-state index in [1.807, 2.05) is 12.3 Å². The maximum atomic E-state index is 11.9. The van der Waals surface area contributed by atoms with Gasteiger partial charge in [-0.3, -0.25) is 4.79 Å². The molecule has 4 nitrogen and oxygen atoms in total. The Morgan fingerprint density at radius 1 is 1.55 bits per heavy atom. The van der Waals surface area contributed by atoms with Gasteiger partial charge in [-0.15, -0.1) is 11.3 Å². The standard InChI is InChI=1S/C15H23NO3S/c1-14(2)9-10(5-6-11(14)12(17)19-4)15(3,18)13-16-7-8-20-13/h7-8,10-11,18H,5-6,9H2,1-4H3/t10-,11-,15-/m1/s1. The van der Waals surface area contributed by atoms with Crippen LogP contribution in [-0.4, -0.2) is 23.2 Å². The molecule has 1 aliphatic carbocycles. The molecular weight excluding hydrogens is 274 g/mol. The molecule has 2 rings (SSSR count). The van der Waals surface area contributed by atoms with Crippen molar-refractivity contribution in [3.05, 3.63) is 16.6 Å². The summed E-state index contributed by atoms with van der Waals surface area (Å²) in [6.45, 7) is 6.00. The molecule has 20 heavy (non-hydrogen) atoms. The van der Waals surface area contributed by atoms with Crippen molar-refractivity contribution in [3.8, 4) is 0 Å². The van der Waals surface area contributed by atoms with Crippen LogP contribution in [0.15, 0.2) is 11.6 Å². The lowest BCUT2D eigenvalue weighted by molar-refractivity contribution is -0.155. The molecule has 1 heterocycles. The van der Waals surface area contributed by atoms with Crippen molar-refractivity contribution < 1.29 is 14.6 Å². The van der Waals surface area contributed by atoms with Crippen molar-refractivity contribution in [2.45, 2.75) is 45.6 Å². The Bertz CT molecular complexity index is 467. The summed E-state index contributed by atoms with van der Waals surface area (Å²) in [5.74, 6) is -0.109. The highest BCUT2D eigenvalue weighted by Gasteiger charge is 2.47. The number of ether oxygens (including phenoxy) is 1. The van der Waals surface area contributed by atoms with Crippen LogP contribution in [0, 0.1) is 17.3 Å². The minimum atomic E-state index is -0.924. The van der Waals surface area contributed by atoms with E-state index in [1.165, 1.54) is 18.4 Å². The summed E-state index contributed by atoms with van der Waals surface area (Å²) in [6, 6.07) is 0. The molecule has 112 valence electrons. The van der Waals surface area contributed by atoms with Crippen LogP contribution >= 0.6 is 11.3 Å². The second-order valence-electron chi connectivity index (χ2n) is 6.53. The molecule has 3 atom stereocenters. The Morgan fingerprint density at radius 2 is 2.25 bits per heavy atom. The summed E-state index contributed by atoms with van der Waals surface area (Å²) in [5, 5.41) is 13.5. The molecule has 0 spiro atoms. The van der Waals surface area contributed by atoms with Gasteiger partial charge in [0, 0.05) is 11.6 Å². The van der Waals surface area contributed by atoms with E-state index in [0.717, 1.165) is 24.3 Å². The molecule has 0 unspecified atom stereocenters. The number of rotatable bonds is 3. The normalized spacial score (nSPS) is 28.6. The Morgan fingerprint density at radius 3 is 2.75 bits per heavy atom. The van der Waals surface area contributed by atoms with Crippen molar-refractivity contribution >= 4 is 17.3 Å². The molecule has 1 saturated carbocycles. The van der Waals surface area contributed by atoms with Crippen molar-refractivity contribution in [1.29, 1.82) is 0 Å². The monoisotopic (exact) mass is 297 g/mol. The van der Waals surface area contributed by atoms with Crippen LogP contribution < -0.4 is 0 Å². The summed E-state index contributed by atoms with van der Waals surface area (Å²) >= 11 is 1.48. The predicted molar refractivity (Wildman–Crippen MR) is 78.3 cm³/mol. The molecule has 0 amide bonds. The van der Waals surface area contributed by atoms with Crippen LogP contribution in [0.1, 0.15) is 45.0 Å². The second-order valence-corrected chi connectivity index (χ2v) is 7.42. The highest BCUT2D eigenvalue weighted by atomic mass is 32.1. The van der Waals surface area contributed by atoms with Crippen molar-refractivity contribution in [3.63, 3.8) is 0 Å². The lowest BCUT2D eigenvalue weighted by atomic mass is 9.61. The number of hydrogen-bond acceptors (Lipinski definition) is 5. The van der Waals surface area contributed by atoms with Gasteiger partial charge in [0.15, 0.2) is 0 Å². The molecule has 1 aromatic rings. The molecule has 1 aliphatic rings. The van der Waals surface area contributed by atoms with E-state index in [2.05, 4.69) is 18.8 Å². The van der Waals surface area contributed by atoms with Crippen LogP contribution in [0.25, 0.3) is 0 Å². The Labute approximate surface area is 124 Å². The number of carbonyl (C=O) groups is 1. The van der Waals surface area contributed by atoms with E-state index >= 15 is 0 Å². The quantitative estimate of drug-likeness (QED) is 0.871. The molecule has 1 N–H and O–H groups in total. The van der Waals surface area contributed by atoms with Crippen LogP contribution in [0.3, 0.4) is 0 Å². The van der Waals surface area contributed by atoms with Gasteiger partial charge in [0.2, 0.25) is 0 Å². The summed E-state index contributed by atoms with van der Waals surface area (Å²) in [4.78, 5) is 16.1. The van der Waals surface area contributed by atoms with Crippen LogP contribution in [-0.2, 0) is 15.1 Å².